The number of anilines is 2. The van der Waals surface area contributed by atoms with Crippen molar-refractivity contribution in [1.82, 2.24) is 4.98 Å². The Morgan fingerprint density at radius 1 is 1.71 bits per heavy atom. The lowest BCUT2D eigenvalue weighted by Crippen LogP contribution is -2.05. The van der Waals surface area contributed by atoms with Crippen LogP contribution >= 0.6 is 15.9 Å². The van der Waals surface area contributed by atoms with Crippen molar-refractivity contribution in [3.8, 4) is 0 Å². The topological polar surface area (TPSA) is 50.9 Å². The molecule has 1 rings (SSSR count). The second-order valence-electron chi connectivity index (χ2n) is 3.01. The highest BCUT2D eigenvalue weighted by Crippen LogP contribution is 2.27. The van der Waals surface area contributed by atoms with E-state index in [1.54, 1.807) is 6.20 Å². The third-order valence-corrected chi connectivity index (χ3v) is 2.91. The summed E-state index contributed by atoms with van der Waals surface area (Å²) in [6.07, 6.45) is 4.44. The summed E-state index contributed by atoms with van der Waals surface area (Å²) in [4.78, 5) is 4.19. The van der Waals surface area contributed by atoms with Gasteiger partial charge in [-0.1, -0.05) is 6.08 Å². The second kappa shape index (κ2) is 5.00. The van der Waals surface area contributed by atoms with Gasteiger partial charge in [0.2, 0.25) is 0 Å². The summed E-state index contributed by atoms with van der Waals surface area (Å²) in [5, 5.41) is 3.20. The van der Waals surface area contributed by atoms with Crippen molar-refractivity contribution < 1.29 is 0 Å². The average Bonchev–Trinajstić information content (AvgIpc) is 2.18. The van der Waals surface area contributed by atoms with E-state index in [0.29, 0.717) is 5.69 Å². The molecule has 0 fully saturated rings. The van der Waals surface area contributed by atoms with Crippen molar-refractivity contribution in [1.29, 1.82) is 0 Å². The molecule has 1 heterocycles. The maximum absolute atomic E-state index is 5.71. The minimum atomic E-state index is 0.700. The fourth-order valence-corrected chi connectivity index (χ4v) is 1.48. The lowest BCUT2D eigenvalue weighted by Gasteiger charge is -2.09. The summed E-state index contributed by atoms with van der Waals surface area (Å²) in [6, 6.07) is 0. The van der Waals surface area contributed by atoms with Gasteiger partial charge in [0.25, 0.3) is 0 Å². The van der Waals surface area contributed by atoms with Gasteiger partial charge in [-0.2, -0.15) is 0 Å². The van der Waals surface area contributed by atoms with Crippen molar-refractivity contribution in [3.05, 3.63) is 28.9 Å². The molecule has 0 radical (unpaired) electrons. The van der Waals surface area contributed by atoms with E-state index in [-0.39, 0.29) is 0 Å². The first-order chi connectivity index (χ1) is 6.66. The quantitative estimate of drug-likeness (QED) is 0.643. The first-order valence-corrected chi connectivity index (χ1v) is 5.21. The SMILES string of the molecule is C=CCCNc1ncc(N)c(C)c1Br. The van der Waals surface area contributed by atoms with Crippen LogP contribution in [0.25, 0.3) is 0 Å². The molecule has 0 spiro atoms. The molecule has 0 aromatic carbocycles. The first kappa shape index (κ1) is 11.0. The molecule has 0 saturated heterocycles. The number of nitrogen functional groups attached to an aromatic ring is 1. The monoisotopic (exact) mass is 255 g/mol. The van der Waals surface area contributed by atoms with Gasteiger partial charge in [0.15, 0.2) is 0 Å². The minimum Gasteiger partial charge on any atom is -0.397 e. The molecule has 1 aromatic heterocycles. The van der Waals surface area contributed by atoms with E-state index in [9.17, 15) is 0 Å². The lowest BCUT2D eigenvalue weighted by molar-refractivity contribution is 1.04. The lowest BCUT2D eigenvalue weighted by atomic mass is 10.2. The highest BCUT2D eigenvalue weighted by Gasteiger charge is 2.05. The molecule has 14 heavy (non-hydrogen) atoms. The fourth-order valence-electron chi connectivity index (χ4n) is 1.01. The molecule has 4 heteroatoms. The molecule has 0 aliphatic heterocycles. The van der Waals surface area contributed by atoms with Gasteiger partial charge in [-0.15, -0.1) is 6.58 Å². The Morgan fingerprint density at radius 2 is 2.43 bits per heavy atom. The predicted molar refractivity (Wildman–Crippen MR) is 64.4 cm³/mol. The van der Waals surface area contributed by atoms with Gasteiger partial charge in [0.05, 0.1) is 16.4 Å². The smallest absolute Gasteiger partial charge is 0.140 e. The number of nitrogens with one attached hydrogen (secondary N) is 1. The second-order valence-corrected chi connectivity index (χ2v) is 3.80. The largest absolute Gasteiger partial charge is 0.397 e. The van der Waals surface area contributed by atoms with Crippen molar-refractivity contribution in [3.63, 3.8) is 0 Å². The molecule has 0 saturated carbocycles. The van der Waals surface area contributed by atoms with E-state index < -0.39 is 0 Å². The van der Waals surface area contributed by atoms with Crippen LogP contribution in [0.5, 0.6) is 0 Å². The molecule has 0 aliphatic rings. The Balaban J connectivity index is 2.78. The van der Waals surface area contributed by atoms with Crippen LogP contribution < -0.4 is 11.1 Å². The number of nitrogens with two attached hydrogens (primary N) is 1. The average molecular weight is 256 g/mol. The number of halogens is 1. The van der Waals surface area contributed by atoms with Crippen LogP contribution in [0.4, 0.5) is 11.5 Å². The zero-order chi connectivity index (χ0) is 10.6. The summed E-state index contributed by atoms with van der Waals surface area (Å²) >= 11 is 3.45. The molecule has 0 unspecified atom stereocenters. The summed E-state index contributed by atoms with van der Waals surface area (Å²) in [5.41, 5.74) is 7.42. The number of pyridine rings is 1. The van der Waals surface area contributed by atoms with Crippen LogP contribution in [0.1, 0.15) is 12.0 Å². The standard InChI is InChI=1S/C10H14BrN3/c1-3-4-5-13-10-9(11)7(2)8(12)6-14-10/h3,6H,1,4-5,12H2,2H3,(H,13,14). The van der Waals surface area contributed by atoms with Crippen LogP contribution in [-0.2, 0) is 0 Å². The molecule has 3 nitrogen and oxygen atoms in total. The zero-order valence-corrected chi connectivity index (χ0v) is 9.76. The van der Waals surface area contributed by atoms with Crippen molar-refractivity contribution >= 4 is 27.4 Å². The van der Waals surface area contributed by atoms with E-state index in [1.165, 1.54) is 0 Å². The number of nitrogens with zero attached hydrogens (tertiary/aromatic N) is 1. The minimum absolute atomic E-state index is 0.700. The van der Waals surface area contributed by atoms with Crippen molar-refractivity contribution in [2.24, 2.45) is 0 Å². The van der Waals surface area contributed by atoms with Gasteiger partial charge in [-0.05, 0) is 34.8 Å². The molecule has 0 bridgehead atoms. The molecule has 3 N–H and O–H groups in total. The fraction of sp³-hybridized carbons (Fsp3) is 0.300. The maximum atomic E-state index is 5.71. The van der Waals surface area contributed by atoms with Crippen molar-refractivity contribution in [2.75, 3.05) is 17.6 Å². The summed E-state index contributed by atoms with van der Waals surface area (Å²) in [7, 11) is 0. The predicted octanol–water partition coefficient (Wildman–Crippen LogP) is 2.72. The van der Waals surface area contributed by atoms with Crippen LogP contribution in [0.2, 0.25) is 0 Å². The van der Waals surface area contributed by atoms with E-state index >= 15 is 0 Å². The summed E-state index contributed by atoms with van der Waals surface area (Å²) < 4.78 is 0.932. The van der Waals surface area contributed by atoms with Crippen molar-refractivity contribution in [2.45, 2.75) is 13.3 Å². The van der Waals surface area contributed by atoms with Gasteiger partial charge in [0.1, 0.15) is 5.82 Å². The molecule has 0 atom stereocenters. The van der Waals surface area contributed by atoms with Gasteiger partial charge >= 0.3 is 0 Å². The van der Waals surface area contributed by atoms with Gasteiger partial charge < -0.3 is 11.1 Å². The van der Waals surface area contributed by atoms with Crippen LogP contribution in [0.15, 0.2) is 23.3 Å². The molecule has 0 aliphatic carbocycles. The Kier molecular flexibility index (Phi) is 3.95. The number of hydrogen-bond donors (Lipinski definition) is 2. The normalized spacial score (nSPS) is 9.86. The molecule has 0 amide bonds. The van der Waals surface area contributed by atoms with Gasteiger partial charge in [0, 0.05) is 6.54 Å². The first-order valence-electron chi connectivity index (χ1n) is 4.42. The molecular weight excluding hydrogens is 242 g/mol. The third-order valence-electron chi connectivity index (χ3n) is 1.94. The van der Waals surface area contributed by atoms with Gasteiger partial charge in [-0.3, -0.25) is 0 Å². The van der Waals surface area contributed by atoms with Crippen LogP contribution in [-0.4, -0.2) is 11.5 Å². The Bertz CT molecular complexity index is 336. The van der Waals surface area contributed by atoms with E-state index in [1.807, 2.05) is 13.0 Å². The highest BCUT2D eigenvalue weighted by molar-refractivity contribution is 9.10. The molecule has 76 valence electrons. The number of rotatable bonds is 4. The molecular formula is C10H14BrN3. The Labute approximate surface area is 92.5 Å². The number of hydrogen-bond acceptors (Lipinski definition) is 3. The highest BCUT2D eigenvalue weighted by atomic mass is 79.9. The van der Waals surface area contributed by atoms with Crippen LogP contribution in [0.3, 0.4) is 0 Å². The van der Waals surface area contributed by atoms with Gasteiger partial charge in [-0.25, -0.2) is 4.98 Å². The maximum Gasteiger partial charge on any atom is 0.140 e. The van der Waals surface area contributed by atoms with E-state index in [0.717, 1.165) is 28.8 Å². The summed E-state index contributed by atoms with van der Waals surface area (Å²) in [6.45, 7) is 6.44. The molecule has 1 aromatic rings. The summed E-state index contributed by atoms with van der Waals surface area (Å²) in [5.74, 6) is 0.832. The third kappa shape index (κ3) is 2.48. The van der Waals surface area contributed by atoms with Crippen LogP contribution in [0, 0.1) is 6.92 Å². The Morgan fingerprint density at radius 3 is 3.07 bits per heavy atom. The van der Waals surface area contributed by atoms with E-state index in [2.05, 4.69) is 32.8 Å². The number of aromatic nitrogens is 1. The zero-order valence-electron chi connectivity index (χ0n) is 8.18. The Hall–Kier alpha value is -1.03. The van der Waals surface area contributed by atoms with E-state index in [4.69, 9.17) is 5.73 Å².